The highest BCUT2D eigenvalue weighted by Crippen LogP contribution is 2.41. The summed E-state index contributed by atoms with van der Waals surface area (Å²) < 4.78 is 11.5. The van der Waals surface area contributed by atoms with Crippen LogP contribution in [-0.2, 0) is 4.79 Å². The monoisotopic (exact) mass is 534 g/mol. The third kappa shape index (κ3) is 5.53. The van der Waals surface area contributed by atoms with E-state index in [-0.39, 0.29) is 10.9 Å². The third-order valence-electron chi connectivity index (χ3n) is 5.88. The summed E-state index contributed by atoms with van der Waals surface area (Å²) in [5, 5.41) is 13.2. The van der Waals surface area contributed by atoms with Crippen molar-refractivity contribution in [1.82, 2.24) is 4.98 Å². The zero-order valence-corrected chi connectivity index (χ0v) is 20.8. The first-order valence-corrected chi connectivity index (χ1v) is 12.1. The highest BCUT2D eigenvalue weighted by Gasteiger charge is 2.29. The molecule has 4 aromatic rings. The summed E-state index contributed by atoms with van der Waals surface area (Å²) in [5.74, 6) is -0.672. The maximum absolute atomic E-state index is 12.8. The van der Waals surface area contributed by atoms with E-state index in [0.717, 1.165) is 5.56 Å². The molecule has 0 fully saturated rings. The summed E-state index contributed by atoms with van der Waals surface area (Å²) in [4.78, 5) is 28.7. The van der Waals surface area contributed by atoms with Gasteiger partial charge in [-0.15, -0.1) is 0 Å². The number of carboxylic acids is 1. The number of nitrogens with zero attached hydrogens (tertiary/aromatic N) is 1. The van der Waals surface area contributed by atoms with E-state index < -0.39 is 11.9 Å². The molecule has 1 aliphatic rings. The Labute approximate surface area is 222 Å². The van der Waals surface area contributed by atoms with Crippen molar-refractivity contribution in [2.45, 2.75) is 12.3 Å². The van der Waals surface area contributed by atoms with Crippen molar-refractivity contribution in [2.24, 2.45) is 0 Å². The molecule has 7 nitrogen and oxygen atoms in total. The van der Waals surface area contributed by atoms with E-state index in [0.29, 0.717) is 57.8 Å². The van der Waals surface area contributed by atoms with Gasteiger partial charge in [0.25, 0.3) is 5.91 Å². The highest BCUT2D eigenvalue weighted by molar-refractivity contribution is 6.32. The van der Waals surface area contributed by atoms with Gasteiger partial charge in [0.05, 0.1) is 23.2 Å². The number of amides is 1. The van der Waals surface area contributed by atoms with Gasteiger partial charge in [-0.2, -0.15) is 0 Å². The SMILES string of the molecule is O=C(Nc1ccnc(-c2cccc(Cl)c2)c1)c1ccc(Oc2cc3c(cc2Cl)C(C(=O)O)CCO3)cc1. The Morgan fingerprint density at radius 1 is 1.03 bits per heavy atom. The minimum atomic E-state index is -0.921. The molecule has 9 heteroatoms. The fourth-order valence-corrected chi connectivity index (χ4v) is 4.44. The summed E-state index contributed by atoms with van der Waals surface area (Å²) in [5.41, 5.74) is 3.07. The predicted molar refractivity (Wildman–Crippen MR) is 141 cm³/mol. The number of carbonyl (C=O) groups is 2. The summed E-state index contributed by atoms with van der Waals surface area (Å²) >= 11 is 12.4. The average Bonchev–Trinajstić information content (AvgIpc) is 2.89. The van der Waals surface area contributed by atoms with Gasteiger partial charge >= 0.3 is 5.97 Å². The molecule has 1 aliphatic heterocycles. The lowest BCUT2D eigenvalue weighted by molar-refractivity contribution is -0.139. The van der Waals surface area contributed by atoms with Crippen LogP contribution >= 0.6 is 23.2 Å². The molecule has 37 heavy (non-hydrogen) atoms. The van der Waals surface area contributed by atoms with E-state index in [1.165, 1.54) is 0 Å². The molecule has 0 bridgehead atoms. The fraction of sp³-hybridized carbons (Fsp3) is 0.107. The molecule has 186 valence electrons. The maximum atomic E-state index is 12.8. The van der Waals surface area contributed by atoms with Crippen LogP contribution < -0.4 is 14.8 Å². The predicted octanol–water partition coefficient (Wildman–Crippen LogP) is 7.05. The number of halogens is 2. The van der Waals surface area contributed by atoms with E-state index in [1.807, 2.05) is 12.1 Å². The first-order valence-electron chi connectivity index (χ1n) is 11.4. The van der Waals surface area contributed by atoms with Gasteiger partial charge in [-0.3, -0.25) is 14.6 Å². The van der Waals surface area contributed by atoms with E-state index in [2.05, 4.69) is 10.3 Å². The number of nitrogens with one attached hydrogen (secondary N) is 1. The standard InChI is InChI=1S/C28H20Cl2N2O5/c29-18-3-1-2-17(12-18)24-13-19(8-10-31-24)32-27(33)16-4-6-20(7-5-16)37-26-15-25-22(14-23(26)30)21(28(34)35)9-11-36-25/h1-8,10,12-15,21H,9,11H2,(H,34,35)(H,31,32,33). The average molecular weight is 535 g/mol. The van der Waals surface area contributed by atoms with Gasteiger partial charge in [0.2, 0.25) is 0 Å². The van der Waals surface area contributed by atoms with Crippen molar-refractivity contribution >= 4 is 40.8 Å². The van der Waals surface area contributed by atoms with Crippen LogP contribution in [-0.4, -0.2) is 28.6 Å². The number of rotatable bonds is 6. The molecule has 0 radical (unpaired) electrons. The Hall–Kier alpha value is -4.07. The van der Waals surface area contributed by atoms with Gasteiger partial charge < -0.3 is 19.9 Å². The minimum absolute atomic E-state index is 0.269. The number of fused-ring (bicyclic) bond motifs is 1. The van der Waals surface area contributed by atoms with Crippen molar-refractivity contribution in [3.05, 3.63) is 100 Å². The molecule has 5 rings (SSSR count). The molecule has 0 aliphatic carbocycles. The Balaban J connectivity index is 1.28. The number of hydrogen-bond donors (Lipinski definition) is 2. The molecule has 0 spiro atoms. The van der Waals surface area contributed by atoms with Crippen molar-refractivity contribution in [3.8, 4) is 28.5 Å². The normalized spacial score (nSPS) is 14.3. The van der Waals surface area contributed by atoms with Gasteiger partial charge in [0, 0.05) is 39.7 Å². The molecule has 1 atom stereocenters. The van der Waals surface area contributed by atoms with Crippen LogP contribution in [0.1, 0.15) is 28.3 Å². The Bertz CT molecular complexity index is 1490. The summed E-state index contributed by atoms with van der Waals surface area (Å²) in [6.45, 7) is 0.299. The number of hydrogen-bond acceptors (Lipinski definition) is 5. The van der Waals surface area contributed by atoms with Crippen molar-refractivity contribution in [1.29, 1.82) is 0 Å². The minimum Gasteiger partial charge on any atom is -0.493 e. The van der Waals surface area contributed by atoms with Crippen molar-refractivity contribution < 1.29 is 24.2 Å². The Kier molecular flexibility index (Phi) is 6.99. The first kappa shape index (κ1) is 24.6. The number of ether oxygens (including phenoxy) is 2. The molecule has 3 aromatic carbocycles. The second kappa shape index (κ2) is 10.5. The third-order valence-corrected chi connectivity index (χ3v) is 6.41. The Morgan fingerprint density at radius 3 is 2.59 bits per heavy atom. The topological polar surface area (TPSA) is 97.8 Å². The largest absolute Gasteiger partial charge is 0.493 e. The van der Waals surface area contributed by atoms with Crippen LogP contribution in [0.3, 0.4) is 0 Å². The molecular formula is C28H20Cl2N2O5. The van der Waals surface area contributed by atoms with Gasteiger partial charge in [-0.1, -0.05) is 35.3 Å². The molecule has 1 amide bonds. The van der Waals surface area contributed by atoms with E-state index >= 15 is 0 Å². The molecule has 1 unspecified atom stereocenters. The number of pyridine rings is 1. The smallest absolute Gasteiger partial charge is 0.311 e. The zero-order chi connectivity index (χ0) is 25.9. The molecule has 2 heterocycles. The van der Waals surface area contributed by atoms with Gasteiger partial charge in [-0.05, 0) is 61.0 Å². The van der Waals surface area contributed by atoms with Crippen molar-refractivity contribution in [3.63, 3.8) is 0 Å². The van der Waals surface area contributed by atoms with Crippen LogP contribution in [0.2, 0.25) is 10.0 Å². The van der Waals surface area contributed by atoms with Gasteiger partial charge in [0.15, 0.2) is 0 Å². The maximum Gasteiger partial charge on any atom is 0.311 e. The number of aromatic nitrogens is 1. The Morgan fingerprint density at radius 2 is 1.84 bits per heavy atom. The highest BCUT2D eigenvalue weighted by atomic mass is 35.5. The van der Waals surface area contributed by atoms with Gasteiger partial charge in [-0.25, -0.2) is 0 Å². The van der Waals surface area contributed by atoms with Crippen LogP contribution in [0.5, 0.6) is 17.2 Å². The zero-order valence-electron chi connectivity index (χ0n) is 19.3. The van der Waals surface area contributed by atoms with Crippen LogP contribution in [0, 0.1) is 0 Å². The molecular weight excluding hydrogens is 515 g/mol. The van der Waals surface area contributed by atoms with E-state index in [4.69, 9.17) is 32.7 Å². The van der Waals surface area contributed by atoms with Crippen LogP contribution in [0.15, 0.2) is 79.0 Å². The number of anilines is 1. The quantitative estimate of drug-likeness (QED) is 0.275. The number of carbonyl (C=O) groups excluding carboxylic acids is 1. The van der Waals surface area contributed by atoms with Crippen molar-refractivity contribution in [2.75, 3.05) is 11.9 Å². The second-order valence-electron chi connectivity index (χ2n) is 8.37. The molecule has 1 aromatic heterocycles. The lowest BCUT2D eigenvalue weighted by atomic mass is 9.93. The lowest BCUT2D eigenvalue weighted by Gasteiger charge is -2.24. The second-order valence-corrected chi connectivity index (χ2v) is 9.21. The fourth-order valence-electron chi connectivity index (χ4n) is 4.04. The number of aliphatic carboxylic acids is 1. The summed E-state index contributed by atoms with van der Waals surface area (Å²) in [7, 11) is 0. The summed E-state index contributed by atoms with van der Waals surface area (Å²) in [6.07, 6.45) is 2.00. The molecule has 0 saturated carbocycles. The first-order chi connectivity index (χ1) is 17.9. The summed E-state index contributed by atoms with van der Waals surface area (Å²) in [6, 6.07) is 20.5. The van der Waals surface area contributed by atoms with E-state index in [1.54, 1.807) is 66.9 Å². The number of benzene rings is 3. The van der Waals surface area contributed by atoms with E-state index in [9.17, 15) is 14.7 Å². The lowest BCUT2D eigenvalue weighted by Crippen LogP contribution is -2.20. The van der Waals surface area contributed by atoms with Gasteiger partial charge in [0.1, 0.15) is 17.2 Å². The number of carboxylic acid groups (broad SMARTS) is 1. The van der Waals surface area contributed by atoms with Crippen LogP contribution in [0.25, 0.3) is 11.3 Å². The molecule has 2 N–H and O–H groups in total. The molecule has 0 saturated heterocycles. The van der Waals surface area contributed by atoms with Crippen LogP contribution in [0.4, 0.5) is 5.69 Å².